The Hall–Kier alpha value is -2.18. The molecular formula is C13H14F2N2O3. The molecule has 2 amide bonds. The van der Waals surface area contributed by atoms with Crippen LogP contribution in [0.15, 0.2) is 12.1 Å². The van der Waals surface area contributed by atoms with Crippen LogP contribution in [0.4, 0.5) is 19.3 Å². The average molecular weight is 284 g/mol. The topological polar surface area (TPSA) is 69.6 Å². The number of hydrogen-bond donors (Lipinski definition) is 2. The smallest absolute Gasteiger partial charge is 0.326 e. The molecule has 1 atom stereocenters. The zero-order chi connectivity index (χ0) is 14.9. The van der Waals surface area contributed by atoms with Crippen LogP contribution < -0.4 is 5.32 Å². The molecule has 2 N–H and O–H groups in total. The molecule has 108 valence electrons. The quantitative estimate of drug-likeness (QED) is 0.875. The third-order valence-corrected chi connectivity index (χ3v) is 3.31. The summed E-state index contributed by atoms with van der Waals surface area (Å²) >= 11 is 0. The Kier molecular flexibility index (Phi) is 3.87. The SMILES string of the molecule is Cc1ccc(F)c(NC(=O)N2CCC[C@@H]2C(=O)O)c1F. The standard InChI is InChI=1S/C13H14F2N2O3/c1-7-4-5-8(14)11(10(7)15)16-13(20)17-6-2-3-9(17)12(18)19/h4-5,9H,2-3,6H2,1H3,(H,16,20)(H,18,19)/t9-/m1/s1. The third-order valence-electron chi connectivity index (χ3n) is 3.31. The van der Waals surface area contributed by atoms with E-state index >= 15 is 0 Å². The number of urea groups is 1. The second-order valence-electron chi connectivity index (χ2n) is 4.67. The number of rotatable bonds is 2. The fourth-order valence-electron chi connectivity index (χ4n) is 2.22. The lowest BCUT2D eigenvalue weighted by molar-refractivity contribution is -0.141. The van der Waals surface area contributed by atoms with Crippen LogP contribution in [0, 0.1) is 18.6 Å². The molecule has 20 heavy (non-hydrogen) atoms. The first kappa shape index (κ1) is 14.2. The van der Waals surface area contributed by atoms with Crippen LogP contribution in [0.1, 0.15) is 18.4 Å². The fraction of sp³-hybridized carbons (Fsp3) is 0.385. The van der Waals surface area contributed by atoms with E-state index in [0.29, 0.717) is 12.8 Å². The molecule has 0 radical (unpaired) electrons. The summed E-state index contributed by atoms with van der Waals surface area (Å²) in [6.45, 7) is 1.69. The van der Waals surface area contributed by atoms with Crippen molar-refractivity contribution in [3.05, 3.63) is 29.3 Å². The predicted octanol–water partition coefficient (Wildman–Crippen LogP) is 2.35. The van der Waals surface area contributed by atoms with Gasteiger partial charge < -0.3 is 15.3 Å². The van der Waals surface area contributed by atoms with E-state index in [1.165, 1.54) is 13.0 Å². The molecule has 1 fully saturated rings. The number of carbonyl (C=O) groups excluding carboxylic acids is 1. The van der Waals surface area contributed by atoms with Crippen LogP contribution in [0.3, 0.4) is 0 Å². The van der Waals surface area contributed by atoms with Crippen molar-refractivity contribution in [1.29, 1.82) is 0 Å². The number of hydrogen-bond acceptors (Lipinski definition) is 2. The molecule has 0 spiro atoms. The molecule has 1 saturated heterocycles. The summed E-state index contributed by atoms with van der Waals surface area (Å²) in [6, 6.07) is 0.548. The summed E-state index contributed by atoms with van der Waals surface area (Å²) in [6.07, 6.45) is 0.880. The number of aryl methyl sites for hydroxylation is 1. The first-order valence-electron chi connectivity index (χ1n) is 6.17. The van der Waals surface area contributed by atoms with Gasteiger partial charge in [-0.2, -0.15) is 0 Å². The number of carboxylic acids is 1. The molecule has 0 unspecified atom stereocenters. The fourth-order valence-corrected chi connectivity index (χ4v) is 2.22. The predicted molar refractivity (Wildman–Crippen MR) is 67.5 cm³/mol. The zero-order valence-electron chi connectivity index (χ0n) is 10.8. The van der Waals surface area contributed by atoms with Crippen molar-refractivity contribution in [1.82, 2.24) is 4.90 Å². The van der Waals surface area contributed by atoms with Crippen LogP contribution in [-0.4, -0.2) is 34.6 Å². The Bertz CT molecular complexity index is 563. The Labute approximate surface area is 114 Å². The van der Waals surface area contributed by atoms with Gasteiger partial charge >= 0.3 is 12.0 Å². The molecule has 1 aromatic rings. The lowest BCUT2D eigenvalue weighted by atomic mass is 10.2. The number of halogens is 2. The van der Waals surface area contributed by atoms with Crippen molar-refractivity contribution >= 4 is 17.7 Å². The number of anilines is 1. The van der Waals surface area contributed by atoms with E-state index in [-0.39, 0.29) is 12.1 Å². The van der Waals surface area contributed by atoms with Crippen LogP contribution in [0.2, 0.25) is 0 Å². The molecule has 5 nitrogen and oxygen atoms in total. The summed E-state index contributed by atoms with van der Waals surface area (Å²) in [5.74, 6) is -2.88. The van der Waals surface area contributed by atoms with E-state index in [2.05, 4.69) is 5.32 Å². The van der Waals surface area contributed by atoms with Crippen molar-refractivity contribution in [3.8, 4) is 0 Å². The highest BCUT2D eigenvalue weighted by Crippen LogP contribution is 2.24. The molecule has 1 heterocycles. The van der Waals surface area contributed by atoms with Gasteiger partial charge in [-0.25, -0.2) is 18.4 Å². The molecule has 2 rings (SSSR count). The maximum atomic E-state index is 13.8. The maximum absolute atomic E-state index is 13.8. The number of likely N-dealkylation sites (tertiary alicyclic amines) is 1. The zero-order valence-corrected chi connectivity index (χ0v) is 10.8. The van der Waals surface area contributed by atoms with Gasteiger partial charge in [0.15, 0.2) is 5.82 Å². The van der Waals surface area contributed by atoms with Gasteiger partial charge in [-0.3, -0.25) is 0 Å². The number of carboxylic acid groups (broad SMARTS) is 1. The average Bonchev–Trinajstić information content (AvgIpc) is 2.88. The molecule has 0 saturated carbocycles. The van der Waals surface area contributed by atoms with Gasteiger partial charge in [0.25, 0.3) is 0 Å². The molecule has 1 aliphatic rings. The molecular weight excluding hydrogens is 270 g/mol. The van der Waals surface area contributed by atoms with Crippen LogP contribution in [0.5, 0.6) is 0 Å². The summed E-state index contributed by atoms with van der Waals surface area (Å²) in [7, 11) is 0. The largest absolute Gasteiger partial charge is 0.480 e. The van der Waals surface area contributed by atoms with E-state index in [1.807, 2.05) is 0 Å². The highest BCUT2D eigenvalue weighted by Gasteiger charge is 2.34. The van der Waals surface area contributed by atoms with Gasteiger partial charge in [0.2, 0.25) is 0 Å². The Morgan fingerprint density at radius 1 is 1.40 bits per heavy atom. The summed E-state index contributed by atoms with van der Waals surface area (Å²) in [5.41, 5.74) is -0.357. The lowest BCUT2D eigenvalue weighted by Gasteiger charge is -2.22. The number of nitrogens with one attached hydrogen (secondary N) is 1. The van der Waals surface area contributed by atoms with Gasteiger partial charge in [-0.1, -0.05) is 6.07 Å². The van der Waals surface area contributed by atoms with E-state index < -0.39 is 35.4 Å². The minimum Gasteiger partial charge on any atom is -0.480 e. The Balaban J connectivity index is 2.20. The Morgan fingerprint density at radius 2 is 2.10 bits per heavy atom. The maximum Gasteiger partial charge on any atom is 0.326 e. The number of amides is 2. The molecule has 7 heteroatoms. The molecule has 0 bridgehead atoms. The van der Waals surface area contributed by atoms with Crippen LogP contribution in [-0.2, 0) is 4.79 Å². The normalized spacial score (nSPS) is 18.1. The highest BCUT2D eigenvalue weighted by atomic mass is 19.1. The third kappa shape index (κ3) is 2.56. The summed E-state index contributed by atoms with van der Waals surface area (Å²) in [5, 5.41) is 11.1. The van der Waals surface area contributed by atoms with E-state index in [9.17, 15) is 18.4 Å². The van der Waals surface area contributed by atoms with E-state index in [1.54, 1.807) is 0 Å². The second kappa shape index (κ2) is 5.44. The van der Waals surface area contributed by atoms with Gasteiger partial charge in [-0.05, 0) is 31.4 Å². The van der Waals surface area contributed by atoms with E-state index in [4.69, 9.17) is 5.11 Å². The number of aliphatic carboxylic acids is 1. The minimum absolute atomic E-state index is 0.193. The first-order chi connectivity index (χ1) is 9.41. The first-order valence-corrected chi connectivity index (χ1v) is 6.17. The van der Waals surface area contributed by atoms with Crippen LogP contribution in [0.25, 0.3) is 0 Å². The van der Waals surface area contributed by atoms with Crippen LogP contribution >= 0.6 is 0 Å². The van der Waals surface area contributed by atoms with Crippen molar-refractivity contribution in [2.24, 2.45) is 0 Å². The molecule has 1 aliphatic heterocycles. The van der Waals surface area contributed by atoms with Crippen molar-refractivity contribution in [3.63, 3.8) is 0 Å². The number of carbonyl (C=O) groups is 2. The summed E-state index contributed by atoms with van der Waals surface area (Å²) in [4.78, 5) is 24.0. The van der Waals surface area contributed by atoms with Crippen molar-refractivity contribution < 1.29 is 23.5 Å². The van der Waals surface area contributed by atoms with Gasteiger partial charge in [0.05, 0.1) is 0 Å². The van der Waals surface area contributed by atoms with Crippen molar-refractivity contribution in [2.75, 3.05) is 11.9 Å². The second-order valence-corrected chi connectivity index (χ2v) is 4.67. The highest BCUT2D eigenvalue weighted by molar-refractivity contribution is 5.93. The van der Waals surface area contributed by atoms with Gasteiger partial charge in [0.1, 0.15) is 17.5 Å². The molecule has 1 aromatic carbocycles. The lowest BCUT2D eigenvalue weighted by Crippen LogP contribution is -2.43. The molecule has 0 aliphatic carbocycles. The van der Waals surface area contributed by atoms with Gasteiger partial charge in [-0.15, -0.1) is 0 Å². The van der Waals surface area contributed by atoms with E-state index in [0.717, 1.165) is 11.0 Å². The molecule has 0 aromatic heterocycles. The Morgan fingerprint density at radius 3 is 2.75 bits per heavy atom. The number of nitrogens with zero attached hydrogens (tertiary/aromatic N) is 1. The van der Waals surface area contributed by atoms with Crippen molar-refractivity contribution in [2.45, 2.75) is 25.8 Å². The monoisotopic (exact) mass is 284 g/mol. The minimum atomic E-state index is -1.12. The summed E-state index contributed by atoms with van der Waals surface area (Å²) < 4.78 is 27.3. The number of benzene rings is 1. The van der Waals surface area contributed by atoms with Gasteiger partial charge in [0, 0.05) is 6.54 Å².